The monoisotopic (exact) mass is 349 g/mol. The maximum Gasteiger partial charge on any atom is 0.334 e. The number of methoxy groups -OCH3 is 1. The van der Waals surface area contributed by atoms with Gasteiger partial charge in [0.25, 0.3) is 0 Å². The van der Waals surface area contributed by atoms with E-state index in [0.29, 0.717) is 24.3 Å². The molecule has 7 heteroatoms. The quantitative estimate of drug-likeness (QED) is 0.754. The van der Waals surface area contributed by atoms with E-state index in [1.165, 1.54) is 4.90 Å². The zero-order valence-corrected chi connectivity index (χ0v) is 14.4. The molecule has 2 atom stereocenters. The molecule has 2 rings (SSSR count). The molecule has 0 radical (unpaired) electrons. The molecule has 0 bridgehead atoms. The van der Waals surface area contributed by atoms with E-state index < -0.39 is 12.1 Å². The summed E-state index contributed by atoms with van der Waals surface area (Å²) in [7, 11) is 1.56. The van der Waals surface area contributed by atoms with E-state index in [1.54, 1.807) is 38.3 Å². The van der Waals surface area contributed by atoms with Crippen LogP contribution in [0.3, 0.4) is 0 Å². The number of nitrogens with zero attached hydrogens (tertiary/aromatic N) is 1. The molecule has 1 aromatic carbocycles. The second kappa shape index (κ2) is 8.62. The standard InChI is InChI=1S/C18H23NO6/c1-12-10-19(11-16(25-12)18(22)23)17(21)5-3-4-15(20)13-6-8-14(24-2)9-7-13/h6-9,12,16H,3-5,10-11H2,1-2H3,(H,22,23)/t12-,16?/m1/s1. The van der Waals surface area contributed by atoms with Crippen molar-refractivity contribution in [1.29, 1.82) is 0 Å². The minimum absolute atomic E-state index is 0.0331. The second-order valence-electron chi connectivity index (χ2n) is 6.08. The van der Waals surface area contributed by atoms with Crippen LogP contribution in [0.25, 0.3) is 0 Å². The van der Waals surface area contributed by atoms with Crippen LogP contribution in [0.4, 0.5) is 0 Å². The number of hydrogen-bond acceptors (Lipinski definition) is 5. The van der Waals surface area contributed by atoms with Gasteiger partial charge in [-0.15, -0.1) is 0 Å². The Morgan fingerprint density at radius 3 is 2.48 bits per heavy atom. The van der Waals surface area contributed by atoms with Crippen LogP contribution in [0, 0.1) is 0 Å². The summed E-state index contributed by atoms with van der Waals surface area (Å²) in [5, 5.41) is 9.05. The fourth-order valence-corrected chi connectivity index (χ4v) is 2.77. The van der Waals surface area contributed by atoms with E-state index in [1.807, 2.05) is 0 Å². The van der Waals surface area contributed by atoms with Crippen molar-refractivity contribution in [2.24, 2.45) is 0 Å². The Kier molecular flexibility index (Phi) is 6.52. The number of carboxylic acids is 1. The molecule has 0 aliphatic carbocycles. The van der Waals surface area contributed by atoms with E-state index in [9.17, 15) is 14.4 Å². The summed E-state index contributed by atoms with van der Waals surface area (Å²) in [6, 6.07) is 6.84. The molecule has 1 aliphatic rings. The number of benzene rings is 1. The number of aliphatic carboxylic acids is 1. The molecule has 1 fully saturated rings. The van der Waals surface area contributed by atoms with Crippen LogP contribution >= 0.6 is 0 Å². The molecule has 1 aromatic rings. The summed E-state index contributed by atoms with van der Waals surface area (Å²) in [5.41, 5.74) is 0.583. The maximum atomic E-state index is 12.3. The molecule has 1 unspecified atom stereocenters. The van der Waals surface area contributed by atoms with E-state index >= 15 is 0 Å². The third-order valence-corrected chi connectivity index (χ3v) is 4.09. The lowest BCUT2D eigenvalue weighted by molar-refractivity contribution is -0.166. The van der Waals surface area contributed by atoms with Crippen molar-refractivity contribution >= 4 is 17.7 Å². The summed E-state index contributed by atoms with van der Waals surface area (Å²) >= 11 is 0. The van der Waals surface area contributed by atoms with Gasteiger partial charge in [-0.2, -0.15) is 0 Å². The molecule has 1 heterocycles. The molecule has 1 aliphatic heterocycles. The molecule has 7 nitrogen and oxygen atoms in total. The number of rotatable bonds is 7. The van der Waals surface area contributed by atoms with Crippen molar-refractivity contribution < 1.29 is 29.0 Å². The van der Waals surface area contributed by atoms with Crippen LogP contribution in [0.5, 0.6) is 5.75 Å². The third-order valence-electron chi connectivity index (χ3n) is 4.09. The number of hydrogen-bond donors (Lipinski definition) is 1. The first-order chi connectivity index (χ1) is 11.9. The Balaban J connectivity index is 1.81. The lowest BCUT2D eigenvalue weighted by Crippen LogP contribution is -2.51. The largest absolute Gasteiger partial charge is 0.497 e. The predicted molar refractivity (Wildman–Crippen MR) is 89.7 cm³/mol. The van der Waals surface area contributed by atoms with Gasteiger partial charge in [-0.05, 0) is 37.6 Å². The van der Waals surface area contributed by atoms with Crippen molar-refractivity contribution in [2.75, 3.05) is 20.2 Å². The van der Waals surface area contributed by atoms with Gasteiger partial charge in [0.05, 0.1) is 19.8 Å². The van der Waals surface area contributed by atoms with Gasteiger partial charge in [-0.3, -0.25) is 9.59 Å². The van der Waals surface area contributed by atoms with Gasteiger partial charge in [0.1, 0.15) is 5.75 Å². The third kappa shape index (κ3) is 5.29. The van der Waals surface area contributed by atoms with Crippen LogP contribution in [0.15, 0.2) is 24.3 Å². The fraction of sp³-hybridized carbons (Fsp3) is 0.500. The molecule has 0 aromatic heterocycles. The number of carbonyl (C=O) groups excluding carboxylic acids is 2. The van der Waals surface area contributed by atoms with Crippen molar-refractivity contribution in [3.05, 3.63) is 29.8 Å². The van der Waals surface area contributed by atoms with Gasteiger partial charge in [0, 0.05) is 24.9 Å². The Morgan fingerprint density at radius 1 is 1.20 bits per heavy atom. The van der Waals surface area contributed by atoms with Crippen molar-refractivity contribution in [1.82, 2.24) is 4.90 Å². The maximum absolute atomic E-state index is 12.3. The van der Waals surface area contributed by atoms with E-state index in [-0.39, 0.29) is 37.2 Å². The normalized spacial score (nSPS) is 20.2. The first kappa shape index (κ1) is 18.9. The Labute approximate surface area is 146 Å². The minimum Gasteiger partial charge on any atom is -0.497 e. The van der Waals surface area contributed by atoms with Crippen LogP contribution < -0.4 is 4.74 Å². The van der Waals surface area contributed by atoms with Gasteiger partial charge < -0.3 is 19.5 Å². The second-order valence-corrected chi connectivity index (χ2v) is 6.08. The molecule has 1 saturated heterocycles. The van der Waals surface area contributed by atoms with E-state index in [2.05, 4.69) is 0 Å². The molecule has 1 amide bonds. The molecule has 25 heavy (non-hydrogen) atoms. The molecule has 0 spiro atoms. The molecule has 136 valence electrons. The lowest BCUT2D eigenvalue weighted by atomic mass is 10.0. The number of morpholine rings is 1. The number of ether oxygens (including phenoxy) is 2. The van der Waals surface area contributed by atoms with Crippen LogP contribution in [0.2, 0.25) is 0 Å². The van der Waals surface area contributed by atoms with Crippen molar-refractivity contribution in [2.45, 2.75) is 38.4 Å². The molecule has 0 saturated carbocycles. The summed E-state index contributed by atoms with van der Waals surface area (Å²) in [5.74, 6) is -0.571. The van der Waals surface area contributed by atoms with Crippen molar-refractivity contribution in [3.8, 4) is 5.75 Å². The van der Waals surface area contributed by atoms with Gasteiger partial charge in [0.2, 0.25) is 5.91 Å². The average Bonchev–Trinajstić information content (AvgIpc) is 2.61. The minimum atomic E-state index is -1.07. The number of Topliss-reactive ketones (excluding diaryl/α,β-unsaturated/α-hetero) is 1. The van der Waals surface area contributed by atoms with Crippen molar-refractivity contribution in [3.63, 3.8) is 0 Å². The topological polar surface area (TPSA) is 93.1 Å². The van der Waals surface area contributed by atoms with Gasteiger partial charge in [-0.1, -0.05) is 0 Å². The highest BCUT2D eigenvalue weighted by molar-refractivity contribution is 5.96. The van der Waals surface area contributed by atoms with Gasteiger partial charge in [0.15, 0.2) is 11.9 Å². The Bertz CT molecular complexity index is 627. The average molecular weight is 349 g/mol. The lowest BCUT2D eigenvalue weighted by Gasteiger charge is -2.35. The Morgan fingerprint density at radius 2 is 1.88 bits per heavy atom. The fourth-order valence-electron chi connectivity index (χ4n) is 2.77. The number of carboxylic acid groups (broad SMARTS) is 1. The molecular formula is C18H23NO6. The number of carbonyl (C=O) groups is 3. The highest BCUT2D eigenvalue weighted by atomic mass is 16.5. The Hall–Kier alpha value is -2.41. The van der Waals surface area contributed by atoms with E-state index in [4.69, 9.17) is 14.6 Å². The summed E-state index contributed by atoms with van der Waals surface area (Å²) in [6.07, 6.45) is -0.414. The first-order valence-corrected chi connectivity index (χ1v) is 8.24. The highest BCUT2D eigenvalue weighted by Gasteiger charge is 2.32. The van der Waals surface area contributed by atoms with Gasteiger partial charge >= 0.3 is 5.97 Å². The summed E-state index contributed by atoms with van der Waals surface area (Å²) in [6.45, 7) is 2.16. The smallest absolute Gasteiger partial charge is 0.334 e. The zero-order valence-electron chi connectivity index (χ0n) is 14.4. The van der Waals surface area contributed by atoms with E-state index in [0.717, 1.165) is 0 Å². The summed E-state index contributed by atoms with van der Waals surface area (Å²) in [4.78, 5) is 37.0. The van der Waals surface area contributed by atoms with Crippen LogP contribution in [-0.4, -0.2) is 60.1 Å². The zero-order chi connectivity index (χ0) is 18.4. The number of ketones is 1. The molecular weight excluding hydrogens is 326 g/mol. The SMILES string of the molecule is COc1ccc(C(=O)CCCC(=O)N2CC(C(=O)O)O[C@H](C)C2)cc1. The number of amides is 1. The van der Waals surface area contributed by atoms with Gasteiger partial charge in [-0.25, -0.2) is 4.79 Å². The molecule has 1 N–H and O–H groups in total. The van der Waals surface area contributed by atoms with Crippen LogP contribution in [0.1, 0.15) is 36.5 Å². The van der Waals surface area contributed by atoms with Crippen LogP contribution in [-0.2, 0) is 14.3 Å². The summed E-state index contributed by atoms with van der Waals surface area (Å²) < 4.78 is 10.3. The first-order valence-electron chi connectivity index (χ1n) is 8.24. The predicted octanol–water partition coefficient (Wildman–Crippen LogP) is 1.75. The highest BCUT2D eigenvalue weighted by Crippen LogP contribution is 2.16.